The fourth-order valence-corrected chi connectivity index (χ4v) is 3.12. The molecule has 1 N–H and O–H groups in total. The maximum Gasteiger partial charge on any atom is 0.335 e. The lowest BCUT2D eigenvalue weighted by Gasteiger charge is -2.28. The highest BCUT2D eigenvalue weighted by molar-refractivity contribution is 5.90. The first-order valence-electron chi connectivity index (χ1n) is 7.02. The zero-order valence-corrected chi connectivity index (χ0v) is 11.5. The lowest BCUT2D eigenvalue weighted by molar-refractivity contribution is -0.384. The second kappa shape index (κ2) is 6.03. The summed E-state index contributed by atoms with van der Waals surface area (Å²) in [5.41, 5.74) is 0.750. The number of hydrogen-bond acceptors (Lipinski definition) is 3. The van der Waals surface area contributed by atoms with E-state index in [1.165, 1.54) is 24.6 Å². The van der Waals surface area contributed by atoms with Crippen LogP contribution in [0.3, 0.4) is 0 Å². The van der Waals surface area contributed by atoms with Crippen molar-refractivity contribution in [1.82, 2.24) is 0 Å². The standard InChI is InChI=1S/C15H19NO4/c1-10(11-5-3-2-4-6-11)14-9-12(16(19)20)7-8-13(14)15(17)18/h7-11H,2-6H2,1H3,(H,17,18)/t10-/m0/s1. The molecule has 1 aromatic carbocycles. The van der Waals surface area contributed by atoms with Crippen LogP contribution in [-0.2, 0) is 0 Å². The van der Waals surface area contributed by atoms with Crippen molar-refractivity contribution in [2.75, 3.05) is 0 Å². The van der Waals surface area contributed by atoms with Gasteiger partial charge in [-0.2, -0.15) is 0 Å². The number of nitro groups is 1. The first-order valence-corrected chi connectivity index (χ1v) is 7.02. The smallest absolute Gasteiger partial charge is 0.335 e. The number of nitro benzene ring substituents is 1. The largest absolute Gasteiger partial charge is 0.478 e. The third-order valence-electron chi connectivity index (χ3n) is 4.32. The van der Waals surface area contributed by atoms with Crippen LogP contribution in [0.1, 0.15) is 60.9 Å². The van der Waals surface area contributed by atoms with E-state index in [9.17, 15) is 20.0 Å². The van der Waals surface area contributed by atoms with E-state index in [-0.39, 0.29) is 17.2 Å². The number of hydrogen-bond donors (Lipinski definition) is 1. The van der Waals surface area contributed by atoms with E-state index >= 15 is 0 Å². The molecule has 20 heavy (non-hydrogen) atoms. The molecule has 108 valence electrons. The molecule has 1 atom stereocenters. The number of rotatable bonds is 4. The molecular formula is C15H19NO4. The Morgan fingerprint density at radius 2 is 2.00 bits per heavy atom. The van der Waals surface area contributed by atoms with E-state index in [0.29, 0.717) is 11.5 Å². The van der Waals surface area contributed by atoms with Gasteiger partial charge in [0.1, 0.15) is 0 Å². The predicted octanol–water partition coefficient (Wildman–Crippen LogP) is 3.98. The number of nitrogens with zero attached hydrogens (tertiary/aromatic N) is 1. The monoisotopic (exact) mass is 277 g/mol. The highest BCUT2D eigenvalue weighted by Crippen LogP contribution is 2.38. The average Bonchev–Trinajstić information content (AvgIpc) is 2.46. The van der Waals surface area contributed by atoms with Gasteiger partial charge in [0.15, 0.2) is 0 Å². The van der Waals surface area contributed by atoms with Crippen LogP contribution in [0, 0.1) is 16.0 Å². The van der Waals surface area contributed by atoms with Crippen LogP contribution in [0.4, 0.5) is 5.69 Å². The molecule has 1 saturated carbocycles. The van der Waals surface area contributed by atoms with Gasteiger partial charge in [-0.3, -0.25) is 10.1 Å². The van der Waals surface area contributed by atoms with E-state index in [4.69, 9.17) is 0 Å². The molecule has 2 rings (SSSR count). The Morgan fingerprint density at radius 3 is 2.55 bits per heavy atom. The van der Waals surface area contributed by atoms with E-state index in [1.54, 1.807) is 0 Å². The number of carboxylic acid groups (broad SMARTS) is 1. The van der Waals surface area contributed by atoms with Crippen molar-refractivity contribution in [2.24, 2.45) is 5.92 Å². The topological polar surface area (TPSA) is 80.4 Å². The van der Waals surface area contributed by atoms with Crippen LogP contribution in [0.2, 0.25) is 0 Å². The van der Waals surface area contributed by atoms with E-state index in [2.05, 4.69) is 0 Å². The molecular weight excluding hydrogens is 258 g/mol. The summed E-state index contributed by atoms with van der Waals surface area (Å²) >= 11 is 0. The van der Waals surface area contributed by atoms with Gasteiger partial charge in [0.25, 0.3) is 5.69 Å². The molecule has 0 heterocycles. The van der Waals surface area contributed by atoms with Crippen LogP contribution in [-0.4, -0.2) is 16.0 Å². The first-order chi connectivity index (χ1) is 9.50. The highest BCUT2D eigenvalue weighted by atomic mass is 16.6. The van der Waals surface area contributed by atoms with Gasteiger partial charge in [0, 0.05) is 12.1 Å². The maximum absolute atomic E-state index is 11.3. The Morgan fingerprint density at radius 1 is 1.35 bits per heavy atom. The number of carboxylic acids is 1. The van der Waals surface area contributed by atoms with Crippen molar-refractivity contribution in [1.29, 1.82) is 0 Å². The van der Waals surface area contributed by atoms with Crippen molar-refractivity contribution in [3.05, 3.63) is 39.4 Å². The van der Waals surface area contributed by atoms with Crippen LogP contribution in [0.25, 0.3) is 0 Å². The summed E-state index contributed by atoms with van der Waals surface area (Å²) in [5.74, 6) is -0.553. The Balaban J connectivity index is 2.37. The van der Waals surface area contributed by atoms with Gasteiger partial charge in [-0.15, -0.1) is 0 Å². The molecule has 0 saturated heterocycles. The summed E-state index contributed by atoms with van der Waals surface area (Å²) in [6, 6.07) is 4.05. The van der Waals surface area contributed by atoms with Gasteiger partial charge in [-0.25, -0.2) is 4.79 Å². The summed E-state index contributed by atoms with van der Waals surface area (Å²) in [4.78, 5) is 21.7. The van der Waals surface area contributed by atoms with E-state index < -0.39 is 10.9 Å². The van der Waals surface area contributed by atoms with Crippen molar-refractivity contribution >= 4 is 11.7 Å². The molecule has 0 amide bonds. The zero-order chi connectivity index (χ0) is 14.7. The van der Waals surface area contributed by atoms with Crippen molar-refractivity contribution in [3.8, 4) is 0 Å². The minimum atomic E-state index is -1.02. The second-order valence-corrected chi connectivity index (χ2v) is 5.52. The molecule has 0 spiro atoms. The van der Waals surface area contributed by atoms with Gasteiger partial charge in [0.2, 0.25) is 0 Å². The van der Waals surface area contributed by atoms with Gasteiger partial charge >= 0.3 is 5.97 Å². The zero-order valence-electron chi connectivity index (χ0n) is 11.5. The van der Waals surface area contributed by atoms with E-state index in [0.717, 1.165) is 25.7 Å². The van der Waals surface area contributed by atoms with Crippen molar-refractivity contribution in [2.45, 2.75) is 44.9 Å². The SMILES string of the molecule is C[C@H](c1cc([N+](=O)[O-])ccc1C(=O)O)C1CCCCC1. The summed E-state index contributed by atoms with van der Waals surface area (Å²) in [5, 5.41) is 20.2. The quantitative estimate of drug-likeness (QED) is 0.666. The minimum Gasteiger partial charge on any atom is -0.478 e. The molecule has 1 fully saturated rings. The summed E-state index contributed by atoms with van der Waals surface area (Å²) in [6.45, 7) is 1.99. The number of benzene rings is 1. The molecule has 0 radical (unpaired) electrons. The molecule has 1 aliphatic rings. The van der Waals surface area contributed by atoms with Gasteiger partial charge in [-0.05, 0) is 36.3 Å². The van der Waals surface area contributed by atoms with Gasteiger partial charge in [-0.1, -0.05) is 26.2 Å². The van der Waals surface area contributed by atoms with Gasteiger partial charge in [0.05, 0.1) is 10.5 Å². The Hall–Kier alpha value is -1.91. The van der Waals surface area contributed by atoms with Crippen LogP contribution >= 0.6 is 0 Å². The molecule has 0 bridgehead atoms. The lowest BCUT2D eigenvalue weighted by Crippen LogP contribution is -2.17. The number of carbonyl (C=O) groups is 1. The lowest BCUT2D eigenvalue weighted by atomic mass is 9.76. The first kappa shape index (κ1) is 14.5. The maximum atomic E-state index is 11.3. The Kier molecular flexibility index (Phi) is 4.37. The van der Waals surface area contributed by atoms with Crippen molar-refractivity contribution in [3.63, 3.8) is 0 Å². The number of non-ortho nitro benzene ring substituents is 1. The predicted molar refractivity (Wildman–Crippen MR) is 75.0 cm³/mol. The summed E-state index contributed by atoms with van der Waals surface area (Å²) in [7, 11) is 0. The Labute approximate surface area is 117 Å². The van der Waals surface area contributed by atoms with Crippen LogP contribution in [0.5, 0.6) is 0 Å². The van der Waals surface area contributed by atoms with Crippen LogP contribution < -0.4 is 0 Å². The normalized spacial score (nSPS) is 17.6. The second-order valence-electron chi connectivity index (χ2n) is 5.52. The fourth-order valence-electron chi connectivity index (χ4n) is 3.12. The van der Waals surface area contributed by atoms with Gasteiger partial charge < -0.3 is 5.11 Å². The molecule has 0 aromatic heterocycles. The third-order valence-corrected chi connectivity index (χ3v) is 4.32. The van der Waals surface area contributed by atoms with Crippen molar-refractivity contribution < 1.29 is 14.8 Å². The molecule has 5 nitrogen and oxygen atoms in total. The molecule has 1 aliphatic carbocycles. The molecule has 5 heteroatoms. The average molecular weight is 277 g/mol. The highest BCUT2D eigenvalue weighted by Gasteiger charge is 2.26. The summed E-state index contributed by atoms with van der Waals surface area (Å²) < 4.78 is 0. The molecule has 1 aromatic rings. The van der Waals surface area contributed by atoms with Crippen LogP contribution in [0.15, 0.2) is 18.2 Å². The number of aromatic carboxylic acids is 1. The molecule has 0 unspecified atom stereocenters. The minimum absolute atomic E-state index is 0.0346. The Bertz CT molecular complexity index is 521. The molecule has 0 aliphatic heterocycles. The van der Waals surface area contributed by atoms with E-state index in [1.807, 2.05) is 6.92 Å². The summed E-state index contributed by atoms with van der Waals surface area (Å²) in [6.07, 6.45) is 5.69. The third kappa shape index (κ3) is 2.98. The fraction of sp³-hybridized carbons (Fsp3) is 0.533.